The number of nitrogens with one attached hydrogen (secondary N) is 1. The van der Waals surface area contributed by atoms with Crippen LogP contribution >= 0.6 is 0 Å². The molecule has 1 unspecified atom stereocenters. The molecular weight excluding hydrogens is 276 g/mol. The number of rotatable bonds is 9. The molecule has 0 radical (unpaired) electrons. The maximum atomic E-state index is 12.4. The number of hydrogen-bond donors (Lipinski definition) is 4. The lowest BCUT2D eigenvalue weighted by Gasteiger charge is -2.28. The fraction of sp³-hybridized carbons (Fsp3) is 0.786. The molecule has 122 valence electrons. The molecule has 0 aromatic carbocycles. The molecule has 2 atom stereocenters. The van der Waals surface area contributed by atoms with Crippen LogP contribution < -0.4 is 11.1 Å². The van der Waals surface area contributed by atoms with Crippen LogP contribution in [0.25, 0.3) is 1.43 Å². The first-order chi connectivity index (χ1) is 9.97. The fourth-order valence-electron chi connectivity index (χ4n) is 1.79. The average Bonchev–Trinajstić information content (AvgIpc) is 2.42. The van der Waals surface area contributed by atoms with Crippen molar-refractivity contribution in [1.29, 1.82) is 1.43 Å². The SMILES string of the molecule is [2H]OC(=O)C[C@H](NCCC(C)(C)C)C(=O)C(N)(CC)C(=O)O. The highest BCUT2D eigenvalue weighted by atomic mass is 16.4. The Bertz CT molecular complexity index is 422. The van der Waals surface area contributed by atoms with Crippen molar-refractivity contribution in [3.63, 3.8) is 0 Å². The van der Waals surface area contributed by atoms with E-state index in [1.54, 1.807) is 0 Å². The van der Waals surface area contributed by atoms with Gasteiger partial charge in [0.1, 0.15) is 0 Å². The summed E-state index contributed by atoms with van der Waals surface area (Å²) in [6.45, 7) is 7.94. The molecule has 0 heterocycles. The van der Waals surface area contributed by atoms with Gasteiger partial charge in [-0.25, -0.2) is 4.79 Å². The van der Waals surface area contributed by atoms with Crippen LogP contribution in [-0.4, -0.2) is 46.1 Å². The van der Waals surface area contributed by atoms with E-state index in [4.69, 9.17) is 7.16 Å². The zero-order valence-corrected chi connectivity index (χ0v) is 13.1. The molecule has 0 rings (SSSR count). The molecule has 0 aliphatic heterocycles. The number of Topliss-reactive ketones (excluding diaryl/α,β-unsaturated/α-hetero) is 1. The zero-order chi connectivity index (χ0) is 17.6. The monoisotopic (exact) mass is 303 g/mol. The Morgan fingerprint density at radius 1 is 1.33 bits per heavy atom. The van der Waals surface area contributed by atoms with Gasteiger partial charge in [0.15, 0.2) is 11.3 Å². The largest absolute Gasteiger partial charge is 0.481 e. The predicted molar refractivity (Wildman–Crippen MR) is 78.0 cm³/mol. The highest BCUT2D eigenvalue weighted by Crippen LogP contribution is 2.18. The van der Waals surface area contributed by atoms with E-state index in [9.17, 15) is 19.5 Å². The predicted octanol–water partition coefficient (Wildman–Crippen LogP) is 0.617. The Balaban J connectivity index is 5.09. The lowest BCUT2D eigenvalue weighted by atomic mass is 9.86. The first-order valence-electron chi connectivity index (χ1n) is 7.34. The van der Waals surface area contributed by atoms with Crippen molar-refractivity contribution in [3.8, 4) is 0 Å². The molecule has 0 bridgehead atoms. The third-order valence-electron chi connectivity index (χ3n) is 3.33. The van der Waals surface area contributed by atoms with Gasteiger partial charge >= 0.3 is 11.9 Å². The van der Waals surface area contributed by atoms with Gasteiger partial charge in [-0.1, -0.05) is 27.7 Å². The van der Waals surface area contributed by atoms with Gasteiger partial charge in [-0.2, -0.15) is 0 Å². The minimum atomic E-state index is -2.07. The summed E-state index contributed by atoms with van der Waals surface area (Å²) >= 11 is 0. The molecule has 0 amide bonds. The van der Waals surface area contributed by atoms with Crippen molar-refractivity contribution in [2.75, 3.05) is 6.54 Å². The highest BCUT2D eigenvalue weighted by Gasteiger charge is 2.44. The van der Waals surface area contributed by atoms with Crippen molar-refractivity contribution in [2.45, 2.75) is 58.5 Å². The Hall–Kier alpha value is -1.47. The minimum Gasteiger partial charge on any atom is -0.481 e. The quantitative estimate of drug-likeness (QED) is 0.459. The second-order valence-electron chi connectivity index (χ2n) is 6.39. The summed E-state index contributed by atoms with van der Waals surface area (Å²) in [4.78, 5) is 34.9. The first kappa shape index (κ1) is 17.6. The fourth-order valence-corrected chi connectivity index (χ4v) is 1.79. The van der Waals surface area contributed by atoms with Gasteiger partial charge in [-0.15, -0.1) is 0 Å². The van der Waals surface area contributed by atoms with Crippen LogP contribution in [-0.2, 0) is 14.4 Å². The number of carboxylic acids is 2. The Labute approximate surface area is 126 Å². The smallest absolute Gasteiger partial charge is 0.331 e. The van der Waals surface area contributed by atoms with Crippen molar-refractivity contribution in [3.05, 3.63) is 0 Å². The number of aliphatic carboxylic acids is 2. The van der Waals surface area contributed by atoms with E-state index >= 15 is 0 Å². The highest BCUT2D eigenvalue weighted by molar-refractivity contribution is 6.10. The van der Waals surface area contributed by atoms with Crippen molar-refractivity contribution in [1.82, 2.24) is 5.32 Å². The van der Waals surface area contributed by atoms with E-state index in [0.717, 1.165) is 0 Å². The molecule has 21 heavy (non-hydrogen) atoms. The number of nitrogens with two attached hydrogens (primary N) is 1. The van der Waals surface area contributed by atoms with Gasteiger partial charge in [0, 0.05) is 0 Å². The van der Waals surface area contributed by atoms with Gasteiger partial charge in [-0.05, 0) is 24.8 Å². The molecule has 5 N–H and O–H groups in total. The summed E-state index contributed by atoms with van der Waals surface area (Å²) in [6, 6.07) is -1.10. The second-order valence-corrected chi connectivity index (χ2v) is 6.39. The lowest BCUT2D eigenvalue weighted by Crippen LogP contribution is -2.61. The summed E-state index contributed by atoms with van der Waals surface area (Å²) in [5.74, 6) is -3.16. The molecule has 7 nitrogen and oxygen atoms in total. The summed E-state index contributed by atoms with van der Waals surface area (Å²) in [7, 11) is 0. The second kappa shape index (κ2) is 7.51. The van der Waals surface area contributed by atoms with E-state index in [-0.39, 0.29) is 11.8 Å². The van der Waals surface area contributed by atoms with E-state index in [1.165, 1.54) is 6.92 Å². The van der Waals surface area contributed by atoms with E-state index in [2.05, 4.69) is 10.4 Å². The third kappa shape index (κ3) is 6.22. The molecule has 0 aliphatic carbocycles. The molecule has 0 saturated heterocycles. The number of hydrogen-bond acceptors (Lipinski definition) is 6. The number of carboxylic acid groups (broad SMARTS) is 2. The molecule has 0 saturated carbocycles. The Kier molecular flexibility index (Phi) is 6.29. The Morgan fingerprint density at radius 3 is 2.29 bits per heavy atom. The van der Waals surface area contributed by atoms with Crippen molar-refractivity contribution < 1.29 is 24.6 Å². The normalized spacial score (nSPS) is 16.5. The van der Waals surface area contributed by atoms with Crippen molar-refractivity contribution >= 4 is 17.7 Å². The molecule has 0 aromatic rings. The number of carbonyl (C=O) groups excluding carboxylic acids is 1. The molecule has 0 fully saturated rings. The molecule has 0 aliphatic rings. The van der Waals surface area contributed by atoms with Crippen LogP contribution in [0.4, 0.5) is 0 Å². The molecular formula is C14H26N2O5. The summed E-state index contributed by atoms with van der Waals surface area (Å²) < 4.78 is 6.57. The topological polar surface area (TPSA) is 130 Å². The van der Waals surface area contributed by atoms with Crippen LogP contribution in [0.1, 0.15) is 47.0 Å². The summed E-state index contributed by atoms with van der Waals surface area (Å²) in [5, 5.41) is 15.8. The number of ketones is 1. The van der Waals surface area contributed by atoms with Crippen LogP contribution in [0.2, 0.25) is 0 Å². The first-order valence-corrected chi connectivity index (χ1v) is 6.94. The van der Waals surface area contributed by atoms with Gasteiger partial charge in [-0.3, -0.25) is 9.59 Å². The van der Waals surface area contributed by atoms with Crippen LogP contribution in [0.5, 0.6) is 0 Å². The van der Waals surface area contributed by atoms with Crippen molar-refractivity contribution in [2.24, 2.45) is 11.1 Å². The maximum Gasteiger partial charge on any atom is 0.331 e. The van der Waals surface area contributed by atoms with E-state index in [0.29, 0.717) is 13.0 Å². The Morgan fingerprint density at radius 2 is 1.90 bits per heavy atom. The molecule has 0 aromatic heterocycles. The van der Waals surface area contributed by atoms with E-state index in [1.807, 2.05) is 20.8 Å². The summed E-state index contributed by atoms with van der Waals surface area (Å²) in [6.07, 6.45) is 0.177. The van der Waals surface area contributed by atoms with Crippen LogP contribution in [0, 0.1) is 5.41 Å². The minimum absolute atomic E-state index is 0.00782. The number of carbonyl (C=O) groups is 3. The molecule has 7 heteroatoms. The third-order valence-corrected chi connectivity index (χ3v) is 3.33. The van der Waals surface area contributed by atoms with Gasteiger partial charge < -0.3 is 21.3 Å². The maximum absolute atomic E-state index is 12.4. The molecule has 0 spiro atoms. The zero-order valence-electron chi connectivity index (χ0n) is 14.1. The van der Waals surface area contributed by atoms with Gasteiger partial charge in [0.2, 0.25) is 0 Å². The standard InChI is InChI=1S/C14H26N2O5/c1-5-14(15,12(20)21)11(19)9(8-10(17)18)16-7-6-13(2,3)4/h9,16H,5-8,15H2,1-4H3,(H,17,18)(H,20,21)/t9-,14?/m0/s1/i/hD. The van der Waals surface area contributed by atoms with Crippen LogP contribution in [0.15, 0.2) is 0 Å². The van der Waals surface area contributed by atoms with Gasteiger partial charge in [0.25, 0.3) is 1.43 Å². The summed E-state index contributed by atoms with van der Waals surface area (Å²) in [5.41, 5.74) is 3.61. The van der Waals surface area contributed by atoms with Crippen LogP contribution in [0.3, 0.4) is 0 Å². The van der Waals surface area contributed by atoms with E-state index < -0.39 is 35.7 Å². The lowest BCUT2D eigenvalue weighted by molar-refractivity contribution is -0.151. The average molecular weight is 303 g/mol. The van der Waals surface area contributed by atoms with Gasteiger partial charge in [0.05, 0.1) is 12.5 Å².